The van der Waals surface area contributed by atoms with Gasteiger partial charge in [0.15, 0.2) is 0 Å². The fraction of sp³-hybridized carbons (Fsp3) is 0.636. The summed E-state index contributed by atoms with van der Waals surface area (Å²) >= 11 is 0. The third kappa shape index (κ3) is 3.06. The molecular formula is C11H19N3O2. The van der Waals surface area contributed by atoms with Crippen LogP contribution >= 0.6 is 0 Å². The highest BCUT2D eigenvalue weighted by molar-refractivity contribution is 5.80. The lowest BCUT2D eigenvalue weighted by molar-refractivity contribution is -0.125. The molecule has 0 bridgehead atoms. The standard InChI is InChI=1S/C11H19N3O2/c1-7-8(2)16-9(14-7)5-13-6-11(3,4)10(12)15/h13H,5-6H2,1-4H3,(H2,12,15). The van der Waals surface area contributed by atoms with Crippen molar-refractivity contribution in [2.45, 2.75) is 34.2 Å². The van der Waals surface area contributed by atoms with E-state index in [9.17, 15) is 4.79 Å². The maximum atomic E-state index is 11.1. The van der Waals surface area contributed by atoms with Gasteiger partial charge < -0.3 is 15.5 Å². The second-order valence-electron chi connectivity index (χ2n) is 4.60. The van der Waals surface area contributed by atoms with Crippen molar-refractivity contribution < 1.29 is 9.21 Å². The minimum Gasteiger partial charge on any atom is -0.444 e. The number of carbonyl (C=O) groups excluding carboxylic acids is 1. The molecule has 3 N–H and O–H groups in total. The molecule has 0 atom stereocenters. The SMILES string of the molecule is Cc1nc(CNCC(C)(C)C(N)=O)oc1C. The van der Waals surface area contributed by atoms with Crippen molar-refractivity contribution in [1.82, 2.24) is 10.3 Å². The molecular weight excluding hydrogens is 206 g/mol. The summed E-state index contributed by atoms with van der Waals surface area (Å²) in [7, 11) is 0. The first kappa shape index (κ1) is 12.7. The maximum Gasteiger partial charge on any atom is 0.224 e. The molecule has 1 aromatic heterocycles. The summed E-state index contributed by atoms with van der Waals surface area (Å²) in [6.45, 7) is 8.38. The lowest BCUT2D eigenvalue weighted by Crippen LogP contribution is -2.40. The first-order valence-electron chi connectivity index (χ1n) is 5.26. The Kier molecular flexibility index (Phi) is 3.70. The van der Waals surface area contributed by atoms with E-state index in [-0.39, 0.29) is 5.91 Å². The van der Waals surface area contributed by atoms with Gasteiger partial charge in [-0.25, -0.2) is 4.98 Å². The van der Waals surface area contributed by atoms with Crippen molar-refractivity contribution in [2.24, 2.45) is 11.1 Å². The number of nitrogens with two attached hydrogens (primary N) is 1. The number of carbonyl (C=O) groups is 1. The van der Waals surface area contributed by atoms with Crippen LogP contribution in [-0.4, -0.2) is 17.4 Å². The third-order valence-corrected chi connectivity index (χ3v) is 2.58. The van der Waals surface area contributed by atoms with Gasteiger partial charge >= 0.3 is 0 Å². The Balaban J connectivity index is 2.44. The van der Waals surface area contributed by atoms with Crippen LogP contribution in [0.25, 0.3) is 0 Å². The van der Waals surface area contributed by atoms with E-state index in [2.05, 4.69) is 10.3 Å². The number of hydrogen-bond acceptors (Lipinski definition) is 4. The predicted octanol–water partition coefficient (Wildman–Crippen LogP) is 0.893. The summed E-state index contributed by atoms with van der Waals surface area (Å²) < 4.78 is 5.40. The van der Waals surface area contributed by atoms with E-state index < -0.39 is 5.41 Å². The molecule has 0 aliphatic heterocycles. The first-order chi connectivity index (χ1) is 7.33. The molecule has 0 spiro atoms. The monoisotopic (exact) mass is 225 g/mol. The molecule has 0 fully saturated rings. The van der Waals surface area contributed by atoms with Gasteiger partial charge in [0.2, 0.25) is 11.8 Å². The summed E-state index contributed by atoms with van der Waals surface area (Å²) in [6, 6.07) is 0. The van der Waals surface area contributed by atoms with Crippen LogP contribution in [-0.2, 0) is 11.3 Å². The number of oxazole rings is 1. The molecule has 0 aromatic carbocycles. The van der Waals surface area contributed by atoms with E-state index >= 15 is 0 Å². The van der Waals surface area contributed by atoms with Gasteiger partial charge in [0.25, 0.3) is 0 Å². The average molecular weight is 225 g/mol. The van der Waals surface area contributed by atoms with Crippen molar-refractivity contribution in [1.29, 1.82) is 0 Å². The zero-order valence-electron chi connectivity index (χ0n) is 10.3. The molecule has 0 saturated carbocycles. The number of nitrogens with zero attached hydrogens (tertiary/aromatic N) is 1. The van der Waals surface area contributed by atoms with Crippen LogP contribution in [0.15, 0.2) is 4.42 Å². The molecule has 0 unspecified atom stereocenters. The summed E-state index contributed by atoms with van der Waals surface area (Å²) in [5.74, 6) is 1.14. The van der Waals surface area contributed by atoms with Crippen molar-refractivity contribution in [3.63, 3.8) is 0 Å². The molecule has 5 nitrogen and oxygen atoms in total. The minimum atomic E-state index is -0.559. The quantitative estimate of drug-likeness (QED) is 0.779. The highest BCUT2D eigenvalue weighted by Crippen LogP contribution is 2.13. The Morgan fingerprint density at radius 3 is 2.56 bits per heavy atom. The second-order valence-corrected chi connectivity index (χ2v) is 4.60. The lowest BCUT2D eigenvalue weighted by Gasteiger charge is -2.20. The largest absolute Gasteiger partial charge is 0.444 e. The summed E-state index contributed by atoms with van der Waals surface area (Å²) in [5, 5.41) is 3.11. The van der Waals surface area contributed by atoms with Crippen LogP contribution in [0.5, 0.6) is 0 Å². The van der Waals surface area contributed by atoms with E-state index in [1.54, 1.807) is 13.8 Å². The fourth-order valence-corrected chi connectivity index (χ4v) is 1.18. The number of rotatable bonds is 5. The molecule has 0 saturated heterocycles. The van der Waals surface area contributed by atoms with Crippen molar-refractivity contribution in [3.05, 3.63) is 17.3 Å². The molecule has 1 rings (SSSR count). The van der Waals surface area contributed by atoms with Gasteiger partial charge in [0, 0.05) is 6.54 Å². The van der Waals surface area contributed by atoms with E-state index in [0.717, 1.165) is 11.5 Å². The lowest BCUT2D eigenvalue weighted by atomic mass is 9.93. The van der Waals surface area contributed by atoms with Crippen LogP contribution in [0.2, 0.25) is 0 Å². The van der Waals surface area contributed by atoms with Crippen LogP contribution in [0.3, 0.4) is 0 Å². The zero-order valence-corrected chi connectivity index (χ0v) is 10.3. The molecule has 5 heteroatoms. The molecule has 0 aliphatic rings. The number of hydrogen-bond donors (Lipinski definition) is 2. The number of aryl methyl sites for hydroxylation is 2. The van der Waals surface area contributed by atoms with E-state index in [4.69, 9.17) is 10.2 Å². The van der Waals surface area contributed by atoms with E-state index in [1.165, 1.54) is 0 Å². The topological polar surface area (TPSA) is 81.1 Å². The molecule has 1 amide bonds. The van der Waals surface area contributed by atoms with Crippen LogP contribution < -0.4 is 11.1 Å². The Morgan fingerprint density at radius 2 is 2.12 bits per heavy atom. The number of nitrogens with one attached hydrogen (secondary N) is 1. The fourth-order valence-electron chi connectivity index (χ4n) is 1.18. The predicted molar refractivity (Wildman–Crippen MR) is 60.7 cm³/mol. The van der Waals surface area contributed by atoms with Crippen molar-refractivity contribution in [3.8, 4) is 0 Å². The number of amides is 1. The minimum absolute atomic E-state index is 0.320. The van der Waals surface area contributed by atoms with Crippen molar-refractivity contribution >= 4 is 5.91 Å². The molecule has 16 heavy (non-hydrogen) atoms. The molecule has 0 radical (unpaired) electrons. The van der Waals surface area contributed by atoms with Gasteiger partial charge in [-0.15, -0.1) is 0 Å². The Labute approximate surface area is 95.4 Å². The first-order valence-corrected chi connectivity index (χ1v) is 5.26. The Hall–Kier alpha value is -1.36. The van der Waals surface area contributed by atoms with Gasteiger partial charge in [-0.2, -0.15) is 0 Å². The van der Waals surface area contributed by atoms with Gasteiger partial charge in [0.05, 0.1) is 17.7 Å². The Morgan fingerprint density at radius 1 is 1.50 bits per heavy atom. The van der Waals surface area contributed by atoms with Gasteiger partial charge in [-0.1, -0.05) is 0 Å². The van der Waals surface area contributed by atoms with Crippen LogP contribution in [0.4, 0.5) is 0 Å². The second kappa shape index (κ2) is 4.65. The highest BCUT2D eigenvalue weighted by atomic mass is 16.4. The van der Waals surface area contributed by atoms with Gasteiger partial charge in [0.1, 0.15) is 5.76 Å². The molecule has 1 aromatic rings. The Bertz CT molecular complexity index is 363. The average Bonchev–Trinajstić information content (AvgIpc) is 2.45. The normalized spacial score (nSPS) is 11.8. The van der Waals surface area contributed by atoms with Crippen LogP contribution in [0.1, 0.15) is 31.2 Å². The van der Waals surface area contributed by atoms with Crippen molar-refractivity contribution in [2.75, 3.05) is 6.54 Å². The van der Waals surface area contributed by atoms with Crippen LogP contribution in [0, 0.1) is 19.3 Å². The summed E-state index contributed by atoms with van der Waals surface area (Å²) in [4.78, 5) is 15.3. The molecule has 0 aliphatic carbocycles. The summed E-state index contributed by atoms with van der Waals surface area (Å²) in [6.07, 6.45) is 0. The van der Waals surface area contributed by atoms with E-state index in [0.29, 0.717) is 19.0 Å². The highest BCUT2D eigenvalue weighted by Gasteiger charge is 2.24. The third-order valence-electron chi connectivity index (χ3n) is 2.58. The van der Waals surface area contributed by atoms with Gasteiger partial charge in [-0.05, 0) is 27.7 Å². The smallest absolute Gasteiger partial charge is 0.224 e. The molecule has 1 heterocycles. The maximum absolute atomic E-state index is 11.1. The van der Waals surface area contributed by atoms with E-state index in [1.807, 2.05) is 13.8 Å². The summed E-state index contributed by atoms with van der Waals surface area (Å²) in [5.41, 5.74) is 5.60. The molecule has 90 valence electrons. The van der Waals surface area contributed by atoms with Gasteiger partial charge in [-0.3, -0.25) is 4.79 Å². The number of primary amides is 1. The zero-order chi connectivity index (χ0) is 12.3. The number of aromatic nitrogens is 1.